The third-order valence-electron chi connectivity index (χ3n) is 5.36. The van der Waals surface area contributed by atoms with Gasteiger partial charge >= 0.3 is 0 Å². The van der Waals surface area contributed by atoms with Crippen molar-refractivity contribution in [3.8, 4) is 17.6 Å². The summed E-state index contributed by atoms with van der Waals surface area (Å²) in [5, 5.41) is 12.1. The summed E-state index contributed by atoms with van der Waals surface area (Å²) in [6, 6.07) is 13.5. The van der Waals surface area contributed by atoms with E-state index < -0.39 is 10.0 Å². The number of rotatable bonds is 7. The smallest absolute Gasteiger partial charge is 0.244 e. The second kappa shape index (κ2) is 9.81. The van der Waals surface area contributed by atoms with Gasteiger partial charge in [0.15, 0.2) is 11.5 Å². The highest BCUT2D eigenvalue weighted by molar-refractivity contribution is 7.89. The number of nitrogens with zero attached hydrogens (tertiary/aromatic N) is 2. The first-order chi connectivity index (χ1) is 14.9. The average Bonchev–Trinajstić information content (AvgIpc) is 2.82. The number of sulfonamides is 1. The van der Waals surface area contributed by atoms with E-state index in [0.717, 1.165) is 5.56 Å². The summed E-state index contributed by atoms with van der Waals surface area (Å²) in [5.74, 6) is 0.830. The zero-order chi connectivity index (χ0) is 22.4. The van der Waals surface area contributed by atoms with Crippen molar-refractivity contribution in [2.24, 2.45) is 5.92 Å². The first-order valence-electron chi connectivity index (χ1n) is 9.88. The highest BCUT2D eigenvalue weighted by atomic mass is 32.2. The lowest BCUT2D eigenvalue weighted by molar-refractivity contribution is -0.126. The van der Waals surface area contributed by atoms with Gasteiger partial charge in [0.2, 0.25) is 15.9 Å². The van der Waals surface area contributed by atoms with Crippen LogP contribution in [0.3, 0.4) is 0 Å². The molecule has 0 aromatic heterocycles. The molecule has 0 aliphatic carbocycles. The zero-order valence-corrected chi connectivity index (χ0v) is 18.3. The van der Waals surface area contributed by atoms with Gasteiger partial charge in [-0.3, -0.25) is 4.79 Å². The van der Waals surface area contributed by atoms with Crippen molar-refractivity contribution in [3.63, 3.8) is 0 Å². The molecule has 0 unspecified atom stereocenters. The van der Waals surface area contributed by atoms with E-state index in [2.05, 4.69) is 5.32 Å². The molecule has 1 aliphatic rings. The molecule has 0 spiro atoms. The van der Waals surface area contributed by atoms with Gasteiger partial charge in [-0.25, -0.2) is 8.42 Å². The number of ether oxygens (including phenoxy) is 2. The fraction of sp³-hybridized carbons (Fsp3) is 0.364. The van der Waals surface area contributed by atoms with Crippen molar-refractivity contribution < 1.29 is 22.7 Å². The molecule has 1 aliphatic heterocycles. The maximum Gasteiger partial charge on any atom is 0.244 e. The molecule has 8 nitrogen and oxygen atoms in total. The topological polar surface area (TPSA) is 109 Å². The van der Waals surface area contributed by atoms with Gasteiger partial charge in [-0.2, -0.15) is 9.57 Å². The molecule has 0 atom stereocenters. The Labute approximate surface area is 182 Å². The molecule has 0 saturated carbocycles. The second-order valence-electron chi connectivity index (χ2n) is 7.19. The molecular weight excluding hydrogens is 418 g/mol. The summed E-state index contributed by atoms with van der Waals surface area (Å²) >= 11 is 0. The van der Waals surface area contributed by atoms with Gasteiger partial charge < -0.3 is 14.8 Å². The number of nitrogens with one attached hydrogen (secondary N) is 1. The molecule has 164 valence electrons. The van der Waals surface area contributed by atoms with E-state index >= 15 is 0 Å². The first-order valence-corrected chi connectivity index (χ1v) is 11.3. The molecular formula is C22H25N3O5S. The van der Waals surface area contributed by atoms with Crippen molar-refractivity contribution >= 4 is 15.9 Å². The van der Waals surface area contributed by atoms with E-state index in [-0.39, 0.29) is 35.4 Å². The molecule has 0 radical (unpaired) electrons. The molecule has 9 heteroatoms. The number of amides is 1. The Morgan fingerprint density at radius 1 is 1.13 bits per heavy atom. The van der Waals surface area contributed by atoms with Crippen LogP contribution in [-0.2, 0) is 21.4 Å². The van der Waals surface area contributed by atoms with Crippen LogP contribution in [0.25, 0.3) is 0 Å². The minimum Gasteiger partial charge on any atom is -0.493 e. The van der Waals surface area contributed by atoms with E-state index in [1.807, 2.05) is 12.1 Å². The number of piperidine rings is 1. The minimum atomic E-state index is -3.77. The number of hydrogen-bond donors (Lipinski definition) is 1. The minimum absolute atomic E-state index is 0.00820. The Balaban J connectivity index is 1.58. The molecule has 0 bridgehead atoms. The molecule has 2 aromatic rings. The fourth-order valence-electron chi connectivity index (χ4n) is 3.61. The number of nitriles is 1. The maximum atomic E-state index is 12.9. The lowest BCUT2D eigenvalue weighted by Gasteiger charge is -2.30. The Kier molecular flexibility index (Phi) is 7.15. The van der Waals surface area contributed by atoms with Gasteiger partial charge in [-0.15, -0.1) is 0 Å². The first kappa shape index (κ1) is 22.6. The van der Waals surface area contributed by atoms with Crippen LogP contribution in [0.5, 0.6) is 11.5 Å². The Morgan fingerprint density at radius 3 is 2.45 bits per heavy atom. The third kappa shape index (κ3) is 4.98. The quantitative estimate of drug-likeness (QED) is 0.703. The van der Waals surface area contributed by atoms with Gasteiger partial charge in [0.1, 0.15) is 6.07 Å². The summed E-state index contributed by atoms with van der Waals surface area (Å²) in [6.45, 7) is 0.806. The van der Waals surface area contributed by atoms with Crippen LogP contribution in [0.2, 0.25) is 0 Å². The largest absolute Gasteiger partial charge is 0.493 e. The van der Waals surface area contributed by atoms with Gasteiger partial charge in [0.05, 0.1) is 24.7 Å². The number of methoxy groups -OCH3 is 2. The highest BCUT2D eigenvalue weighted by Crippen LogP contribution is 2.28. The molecule has 1 heterocycles. The van der Waals surface area contributed by atoms with Crippen molar-refractivity contribution in [1.82, 2.24) is 9.62 Å². The normalized spacial score (nSPS) is 15.1. The van der Waals surface area contributed by atoms with Crippen molar-refractivity contribution in [2.75, 3.05) is 27.3 Å². The van der Waals surface area contributed by atoms with Crippen LogP contribution in [0.4, 0.5) is 0 Å². The molecule has 2 aromatic carbocycles. The third-order valence-corrected chi connectivity index (χ3v) is 7.32. The number of benzene rings is 2. The van der Waals surface area contributed by atoms with E-state index in [1.165, 1.54) is 16.4 Å². The molecule has 31 heavy (non-hydrogen) atoms. The second-order valence-corrected chi connectivity index (χ2v) is 9.10. The number of hydrogen-bond acceptors (Lipinski definition) is 6. The predicted molar refractivity (Wildman–Crippen MR) is 114 cm³/mol. The summed E-state index contributed by atoms with van der Waals surface area (Å²) in [7, 11) is -0.657. The van der Waals surface area contributed by atoms with Crippen LogP contribution in [0.15, 0.2) is 47.4 Å². The fourth-order valence-corrected chi connectivity index (χ4v) is 5.22. The number of carbonyl (C=O) groups excluding carboxylic acids is 1. The zero-order valence-electron chi connectivity index (χ0n) is 17.5. The van der Waals surface area contributed by atoms with E-state index in [0.29, 0.717) is 30.9 Å². The van der Waals surface area contributed by atoms with Gasteiger partial charge in [-0.1, -0.05) is 18.2 Å². The van der Waals surface area contributed by atoms with Crippen LogP contribution in [-0.4, -0.2) is 45.9 Å². The average molecular weight is 444 g/mol. The van der Waals surface area contributed by atoms with Crippen molar-refractivity contribution in [1.29, 1.82) is 5.26 Å². The molecule has 1 saturated heterocycles. The van der Waals surface area contributed by atoms with Gasteiger partial charge in [-0.05, 0) is 42.7 Å². The molecule has 1 fully saturated rings. The molecule has 1 amide bonds. The summed E-state index contributed by atoms with van der Waals surface area (Å²) in [4.78, 5) is 12.6. The van der Waals surface area contributed by atoms with E-state index in [4.69, 9.17) is 9.47 Å². The molecule has 3 rings (SSSR count). The Bertz CT molecular complexity index is 1090. The summed E-state index contributed by atoms with van der Waals surface area (Å²) in [6.07, 6.45) is 0.845. The highest BCUT2D eigenvalue weighted by Gasteiger charge is 2.33. The van der Waals surface area contributed by atoms with E-state index in [1.54, 1.807) is 38.5 Å². The SMILES string of the molecule is COc1ccc(CNC(=O)C2CCN(S(=O)(=O)c3ccccc3C#N)CC2)cc1OC. The number of carbonyl (C=O) groups is 1. The maximum absolute atomic E-state index is 12.9. The predicted octanol–water partition coefficient (Wildman–Crippen LogP) is 2.29. The lowest BCUT2D eigenvalue weighted by Crippen LogP contribution is -2.43. The van der Waals surface area contributed by atoms with Crippen LogP contribution in [0, 0.1) is 17.2 Å². The Morgan fingerprint density at radius 2 is 1.81 bits per heavy atom. The molecule has 1 N–H and O–H groups in total. The standard InChI is InChI=1S/C22H25N3O5S/c1-29-19-8-7-16(13-20(19)30-2)15-24-22(26)17-9-11-25(12-10-17)31(27,28)21-6-4-3-5-18(21)14-23/h3-8,13,17H,9-12,15H2,1-2H3,(H,24,26). The summed E-state index contributed by atoms with van der Waals surface area (Å²) < 4.78 is 37.7. The van der Waals surface area contributed by atoms with E-state index in [9.17, 15) is 18.5 Å². The monoisotopic (exact) mass is 443 g/mol. The van der Waals surface area contributed by atoms with Crippen LogP contribution in [0.1, 0.15) is 24.0 Å². The van der Waals surface area contributed by atoms with Gasteiger partial charge in [0.25, 0.3) is 0 Å². The lowest BCUT2D eigenvalue weighted by atomic mass is 9.97. The van der Waals surface area contributed by atoms with Crippen molar-refractivity contribution in [2.45, 2.75) is 24.3 Å². The van der Waals surface area contributed by atoms with Crippen molar-refractivity contribution in [3.05, 3.63) is 53.6 Å². The van der Waals surface area contributed by atoms with Gasteiger partial charge in [0, 0.05) is 25.6 Å². The summed E-state index contributed by atoms with van der Waals surface area (Å²) in [5.41, 5.74) is 0.997. The van der Waals surface area contributed by atoms with Crippen LogP contribution < -0.4 is 14.8 Å². The Hall–Kier alpha value is -3.09. The van der Waals surface area contributed by atoms with Crippen LogP contribution >= 0.6 is 0 Å².